The van der Waals surface area contributed by atoms with Crippen LogP contribution in [0.25, 0.3) is 0 Å². The Hall–Kier alpha value is -1.06. The quantitative estimate of drug-likeness (QED) is 0.717. The van der Waals surface area contributed by atoms with Gasteiger partial charge < -0.3 is 10.6 Å². The van der Waals surface area contributed by atoms with E-state index in [1.165, 1.54) is 38.5 Å². The molecular formula is C18H26N4S2. The average Bonchev–Trinajstić information content (AvgIpc) is 2.54. The molecule has 0 atom stereocenters. The molecule has 0 spiro atoms. The molecule has 0 aliphatic heterocycles. The number of nitriles is 1. The van der Waals surface area contributed by atoms with Crippen molar-refractivity contribution in [3.63, 3.8) is 0 Å². The number of nitrogens with one attached hydrogen (secondary N) is 2. The van der Waals surface area contributed by atoms with Crippen LogP contribution in [-0.4, -0.2) is 40.1 Å². The van der Waals surface area contributed by atoms with E-state index in [4.69, 9.17) is 0 Å². The van der Waals surface area contributed by atoms with Gasteiger partial charge in [0.2, 0.25) is 0 Å². The van der Waals surface area contributed by atoms with Crippen LogP contribution < -0.4 is 10.6 Å². The Morgan fingerprint density at radius 3 is 2.08 bits per heavy atom. The molecule has 2 saturated carbocycles. The van der Waals surface area contributed by atoms with Crippen LogP contribution >= 0.6 is 23.5 Å². The Bertz CT molecular complexity index is 607. The summed E-state index contributed by atoms with van der Waals surface area (Å²) in [4.78, 5) is 4.67. The van der Waals surface area contributed by atoms with Gasteiger partial charge in [0.05, 0.1) is 5.56 Å². The molecular weight excluding hydrogens is 336 g/mol. The third-order valence-electron chi connectivity index (χ3n) is 5.58. The molecule has 2 aliphatic rings. The Kier molecular flexibility index (Phi) is 5.51. The van der Waals surface area contributed by atoms with Crippen molar-refractivity contribution in [3.05, 3.63) is 17.7 Å². The zero-order valence-corrected chi connectivity index (χ0v) is 16.2. The van der Waals surface area contributed by atoms with Crippen LogP contribution in [0.15, 0.2) is 12.1 Å². The summed E-state index contributed by atoms with van der Waals surface area (Å²) in [6, 6.07) is 6.05. The average molecular weight is 363 g/mol. The molecule has 4 nitrogen and oxygen atoms in total. The van der Waals surface area contributed by atoms with E-state index in [1.54, 1.807) is 0 Å². The molecule has 1 heterocycles. The Balaban J connectivity index is 1.65. The maximum atomic E-state index is 9.35. The first-order valence-electron chi connectivity index (χ1n) is 8.63. The van der Waals surface area contributed by atoms with Crippen LogP contribution in [0, 0.1) is 11.3 Å². The van der Waals surface area contributed by atoms with Gasteiger partial charge in [-0.1, -0.05) is 12.8 Å². The van der Waals surface area contributed by atoms with Gasteiger partial charge in [-0.3, -0.25) is 0 Å². The highest BCUT2D eigenvalue weighted by atomic mass is 32.2. The number of aromatic nitrogens is 1. The maximum Gasteiger partial charge on any atom is 0.146 e. The summed E-state index contributed by atoms with van der Waals surface area (Å²) in [5.41, 5.74) is 0.624. The van der Waals surface area contributed by atoms with Crippen molar-refractivity contribution >= 4 is 35.2 Å². The summed E-state index contributed by atoms with van der Waals surface area (Å²) >= 11 is 3.89. The molecule has 130 valence electrons. The molecule has 0 aromatic carbocycles. The fraction of sp³-hybridized carbons (Fsp3) is 0.667. The highest BCUT2D eigenvalue weighted by Gasteiger charge is 2.37. The second-order valence-corrected chi connectivity index (χ2v) is 9.44. The van der Waals surface area contributed by atoms with Crippen LogP contribution in [-0.2, 0) is 0 Å². The monoisotopic (exact) mass is 362 g/mol. The van der Waals surface area contributed by atoms with Crippen LogP contribution in [0.2, 0.25) is 0 Å². The fourth-order valence-corrected chi connectivity index (χ4v) is 5.15. The lowest BCUT2D eigenvalue weighted by atomic mass is 9.84. The van der Waals surface area contributed by atoms with Gasteiger partial charge in [0, 0.05) is 22.6 Å². The van der Waals surface area contributed by atoms with Crippen molar-refractivity contribution in [2.24, 2.45) is 0 Å². The zero-order valence-electron chi connectivity index (χ0n) is 14.5. The topological polar surface area (TPSA) is 60.7 Å². The smallest absolute Gasteiger partial charge is 0.146 e. The van der Waals surface area contributed by atoms with Crippen LogP contribution in [0.4, 0.5) is 11.6 Å². The van der Waals surface area contributed by atoms with Crippen LogP contribution in [0.5, 0.6) is 0 Å². The van der Waals surface area contributed by atoms with Gasteiger partial charge in [0.25, 0.3) is 0 Å². The summed E-state index contributed by atoms with van der Waals surface area (Å²) < 4.78 is 0.699. The van der Waals surface area contributed by atoms with Crippen molar-refractivity contribution < 1.29 is 0 Å². The number of anilines is 2. The van der Waals surface area contributed by atoms with Crippen LogP contribution in [0.1, 0.15) is 44.1 Å². The van der Waals surface area contributed by atoms with Gasteiger partial charge in [-0.2, -0.15) is 28.8 Å². The van der Waals surface area contributed by atoms with Gasteiger partial charge in [0.15, 0.2) is 0 Å². The van der Waals surface area contributed by atoms with E-state index in [2.05, 4.69) is 34.2 Å². The molecule has 1 aromatic heterocycles. The standard InChI is InChI=1S/C18H26N4S2/c1-23-17(7-3-8-17)12-20-15-6-5-14(11-19)16(22-15)21-13-18(24-2)9-4-10-18/h5-6H,3-4,7-10,12-13H2,1-2H3,(H2,20,21,22). The molecule has 2 aliphatic carbocycles. The number of nitrogens with zero attached hydrogens (tertiary/aromatic N) is 2. The third kappa shape index (κ3) is 3.62. The molecule has 0 amide bonds. The number of hydrogen-bond acceptors (Lipinski definition) is 6. The summed E-state index contributed by atoms with van der Waals surface area (Å²) in [7, 11) is 0. The molecule has 3 rings (SSSR count). The number of hydrogen-bond donors (Lipinski definition) is 2. The Morgan fingerprint density at radius 1 is 1.04 bits per heavy atom. The number of pyridine rings is 1. The van der Waals surface area contributed by atoms with E-state index >= 15 is 0 Å². The van der Waals surface area contributed by atoms with E-state index in [9.17, 15) is 5.26 Å². The highest BCUT2D eigenvalue weighted by molar-refractivity contribution is 8.00. The number of thioether (sulfide) groups is 2. The largest absolute Gasteiger partial charge is 0.369 e. The van der Waals surface area contributed by atoms with Crippen LogP contribution in [0.3, 0.4) is 0 Å². The minimum atomic E-state index is 0.326. The Labute approximate surface area is 153 Å². The molecule has 2 fully saturated rings. The molecule has 24 heavy (non-hydrogen) atoms. The van der Waals surface area contributed by atoms with E-state index < -0.39 is 0 Å². The predicted octanol–water partition coefficient (Wildman–Crippen LogP) is 4.35. The fourth-order valence-electron chi connectivity index (χ4n) is 3.33. The first-order valence-corrected chi connectivity index (χ1v) is 11.1. The maximum absolute atomic E-state index is 9.35. The van der Waals surface area contributed by atoms with E-state index in [-0.39, 0.29) is 0 Å². The van der Waals surface area contributed by atoms with Gasteiger partial charge >= 0.3 is 0 Å². The normalized spacial score (nSPS) is 20.4. The van der Waals surface area contributed by atoms with E-state index in [0.29, 0.717) is 15.1 Å². The lowest BCUT2D eigenvalue weighted by Gasteiger charge is -2.41. The predicted molar refractivity (Wildman–Crippen MR) is 106 cm³/mol. The second kappa shape index (κ2) is 7.45. The molecule has 1 aromatic rings. The van der Waals surface area contributed by atoms with Gasteiger partial charge in [-0.05, 0) is 50.3 Å². The molecule has 0 bridgehead atoms. The third-order valence-corrected chi connectivity index (χ3v) is 8.42. The summed E-state index contributed by atoms with van der Waals surface area (Å²) in [6.07, 6.45) is 12.1. The van der Waals surface area contributed by atoms with Gasteiger partial charge in [0.1, 0.15) is 17.7 Å². The van der Waals surface area contributed by atoms with Gasteiger partial charge in [-0.25, -0.2) is 4.98 Å². The second-order valence-electron chi connectivity index (χ2n) is 6.89. The van der Waals surface area contributed by atoms with Crippen molar-refractivity contribution in [2.75, 3.05) is 36.2 Å². The van der Waals surface area contributed by atoms with Crippen molar-refractivity contribution in [1.82, 2.24) is 4.98 Å². The molecule has 2 N–H and O–H groups in total. The minimum Gasteiger partial charge on any atom is -0.369 e. The minimum absolute atomic E-state index is 0.326. The van der Waals surface area contributed by atoms with Gasteiger partial charge in [-0.15, -0.1) is 0 Å². The zero-order chi connectivity index (χ0) is 17.0. The summed E-state index contributed by atoms with van der Waals surface area (Å²) in [5, 5.41) is 16.3. The molecule has 6 heteroatoms. The number of rotatable bonds is 8. The van der Waals surface area contributed by atoms with Crippen molar-refractivity contribution in [2.45, 2.75) is 48.0 Å². The summed E-state index contributed by atoms with van der Waals surface area (Å²) in [6.45, 7) is 1.83. The van der Waals surface area contributed by atoms with E-state index in [0.717, 1.165) is 24.7 Å². The highest BCUT2D eigenvalue weighted by Crippen LogP contribution is 2.43. The van der Waals surface area contributed by atoms with Crippen molar-refractivity contribution in [1.29, 1.82) is 5.26 Å². The van der Waals surface area contributed by atoms with Crippen molar-refractivity contribution in [3.8, 4) is 6.07 Å². The Morgan fingerprint density at radius 2 is 1.62 bits per heavy atom. The first-order chi connectivity index (χ1) is 11.6. The lowest BCUT2D eigenvalue weighted by Crippen LogP contribution is -2.40. The molecule has 0 unspecified atom stereocenters. The molecule has 0 saturated heterocycles. The lowest BCUT2D eigenvalue weighted by molar-refractivity contribution is 0.379. The van der Waals surface area contributed by atoms with E-state index in [1.807, 2.05) is 35.7 Å². The first kappa shape index (κ1) is 17.8. The summed E-state index contributed by atoms with van der Waals surface area (Å²) in [5.74, 6) is 1.58. The molecule has 0 radical (unpaired) electrons. The SMILES string of the molecule is CSC1(CNc2ccc(C#N)c(NCC3(SC)CCC3)n2)CCC1.